The molecule has 0 radical (unpaired) electrons. The Morgan fingerprint density at radius 2 is 2.13 bits per heavy atom. The molecule has 2 heterocycles. The van der Waals surface area contributed by atoms with Crippen LogP contribution in [0.5, 0.6) is 0 Å². The Morgan fingerprint density at radius 1 is 1.26 bits per heavy atom. The number of carbonyl (C=O) groups is 1. The third-order valence-electron chi connectivity index (χ3n) is 5.96. The van der Waals surface area contributed by atoms with Crippen molar-refractivity contribution in [2.75, 3.05) is 19.7 Å². The topological polar surface area (TPSA) is 49.8 Å². The van der Waals surface area contributed by atoms with E-state index in [2.05, 4.69) is 6.07 Å². The molecule has 3 aliphatic rings. The summed E-state index contributed by atoms with van der Waals surface area (Å²) >= 11 is 0. The quantitative estimate of drug-likeness (QED) is 0.866. The fourth-order valence-corrected chi connectivity index (χ4v) is 4.54. The number of aliphatic hydroxyl groups is 1. The third-order valence-corrected chi connectivity index (χ3v) is 5.96. The smallest absolute Gasteiger partial charge is 0.256 e. The van der Waals surface area contributed by atoms with Gasteiger partial charge >= 0.3 is 0 Å². The van der Waals surface area contributed by atoms with Crippen LogP contribution in [0.4, 0.5) is 0 Å². The van der Waals surface area contributed by atoms with E-state index in [1.54, 1.807) is 0 Å². The number of rotatable bonds is 1. The van der Waals surface area contributed by atoms with Crippen molar-refractivity contribution in [3.8, 4) is 0 Å². The Labute approximate surface area is 137 Å². The van der Waals surface area contributed by atoms with Crippen LogP contribution in [0.15, 0.2) is 24.3 Å². The number of nitrogens with zero attached hydrogens (tertiary/aromatic N) is 1. The molecule has 1 saturated heterocycles. The van der Waals surface area contributed by atoms with Gasteiger partial charge in [-0.1, -0.05) is 37.1 Å². The number of likely N-dealkylation sites (tertiary alicyclic amines) is 1. The van der Waals surface area contributed by atoms with Crippen LogP contribution < -0.4 is 0 Å². The Morgan fingerprint density at radius 3 is 3.04 bits per heavy atom. The first-order chi connectivity index (χ1) is 11.2. The van der Waals surface area contributed by atoms with Gasteiger partial charge in [0.1, 0.15) is 0 Å². The van der Waals surface area contributed by atoms with Gasteiger partial charge in [0.2, 0.25) is 0 Å². The van der Waals surface area contributed by atoms with Crippen molar-refractivity contribution in [3.05, 3.63) is 35.4 Å². The van der Waals surface area contributed by atoms with Crippen LogP contribution in [0, 0.1) is 5.92 Å². The van der Waals surface area contributed by atoms with E-state index in [4.69, 9.17) is 4.74 Å². The van der Waals surface area contributed by atoms with Gasteiger partial charge in [-0.25, -0.2) is 0 Å². The van der Waals surface area contributed by atoms with Gasteiger partial charge in [-0.2, -0.15) is 0 Å². The highest BCUT2D eigenvalue weighted by molar-refractivity contribution is 5.83. The lowest BCUT2D eigenvalue weighted by Crippen LogP contribution is -2.55. The molecule has 23 heavy (non-hydrogen) atoms. The number of ether oxygens (including phenoxy) is 1. The Balaban J connectivity index is 1.52. The van der Waals surface area contributed by atoms with E-state index in [-0.39, 0.29) is 11.8 Å². The van der Waals surface area contributed by atoms with Crippen molar-refractivity contribution in [2.45, 2.75) is 50.2 Å². The molecule has 3 unspecified atom stereocenters. The van der Waals surface area contributed by atoms with Gasteiger partial charge in [0, 0.05) is 19.0 Å². The lowest BCUT2D eigenvalue weighted by molar-refractivity contribution is -0.156. The van der Waals surface area contributed by atoms with Crippen molar-refractivity contribution in [3.63, 3.8) is 0 Å². The van der Waals surface area contributed by atoms with E-state index < -0.39 is 11.7 Å². The van der Waals surface area contributed by atoms with Crippen LogP contribution in [-0.2, 0) is 16.0 Å². The molecule has 1 amide bonds. The van der Waals surface area contributed by atoms with E-state index in [0.717, 1.165) is 37.7 Å². The monoisotopic (exact) mass is 315 g/mol. The molecule has 1 aromatic carbocycles. The van der Waals surface area contributed by atoms with Crippen LogP contribution in [0.3, 0.4) is 0 Å². The van der Waals surface area contributed by atoms with Gasteiger partial charge in [-0.3, -0.25) is 4.79 Å². The molecule has 2 fully saturated rings. The maximum Gasteiger partial charge on any atom is 0.256 e. The van der Waals surface area contributed by atoms with Crippen LogP contribution >= 0.6 is 0 Å². The molecule has 3 atom stereocenters. The first-order valence-electron chi connectivity index (χ1n) is 8.88. The molecule has 1 saturated carbocycles. The first kappa shape index (κ1) is 15.2. The standard InChI is InChI=1S/C19H25NO3/c21-18(17-16-7-2-1-5-14(16)8-12-23-17)20-11-10-19(22)9-4-3-6-15(19)13-20/h1-2,5,7,15,17,22H,3-4,6,8-13H2. The minimum absolute atomic E-state index is 0.0739. The second-order valence-corrected chi connectivity index (χ2v) is 7.28. The maximum atomic E-state index is 13.0. The minimum atomic E-state index is -0.541. The molecule has 4 heteroatoms. The predicted octanol–water partition coefficient (Wildman–Crippen LogP) is 2.45. The summed E-state index contributed by atoms with van der Waals surface area (Å²) in [5, 5.41) is 10.8. The summed E-state index contributed by atoms with van der Waals surface area (Å²) in [5.74, 6) is 0.303. The second kappa shape index (κ2) is 5.91. The summed E-state index contributed by atoms with van der Waals surface area (Å²) in [7, 11) is 0. The molecule has 1 aliphatic carbocycles. The molecule has 0 spiro atoms. The number of hydrogen-bond acceptors (Lipinski definition) is 3. The van der Waals surface area contributed by atoms with E-state index in [0.29, 0.717) is 26.1 Å². The van der Waals surface area contributed by atoms with Gasteiger partial charge < -0.3 is 14.7 Å². The highest BCUT2D eigenvalue weighted by atomic mass is 16.5. The highest BCUT2D eigenvalue weighted by Crippen LogP contribution is 2.40. The lowest BCUT2D eigenvalue weighted by Gasteiger charge is -2.48. The fourth-order valence-electron chi connectivity index (χ4n) is 4.54. The molecular formula is C19H25NO3. The van der Waals surface area contributed by atoms with Gasteiger partial charge in [0.25, 0.3) is 5.91 Å². The Kier molecular flexibility index (Phi) is 3.90. The zero-order valence-electron chi connectivity index (χ0n) is 13.5. The van der Waals surface area contributed by atoms with Crippen molar-refractivity contribution in [1.82, 2.24) is 4.90 Å². The first-order valence-corrected chi connectivity index (χ1v) is 8.88. The summed E-state index contributed by atoms with van der Waals surface area (Å²) < 4.78 is 5.83. The molecule has 4 nitrogen and oxygen atoms in total. The molecule has 2 aliphatic heterocycles. The predicted molar refractivity (Wildman–Crippen MR) is 86.9 cm³/mol. The van der Waals surface area contributed by atoms with Gasteiger partial charge in [0.15, 0.2) is 6.10 Å². The number of piperidine rings is 1. The van der Waals surface area contributed by atoms with Gasteiger partial charge in [-0.15, -0.1) is 0 Å². The normalized spacial score (nSPS) is 33.7. The van der Waals surface area contributed by atoms with E-state index in [1.807, 2.05) is 23.1 Å². The summed E-state index contributed by atoms with van der Waals surface area (Å²) in [6.45, 7) is 1.93. The van der Waals surface area contributed by atoms with Crippen LogP contribution in [0.25, 0.3) is 0 Å². The molecule has 124 valence electrons. The number of fused-ring (bicyclic) bond motifs is 2. The van der Waals surface area contributed by atoms with E-state index in [1.165, 1.54) is 5.56 Å². The van der Waals surface area contributed by atoms with Crippen LogP contribution in [0.2, 0.25) is 0 Å². The number of hydrogen-bond donors (Lipinski definition) is 1. The number of amides is 1. The number of benzene rings is 1. The molecule has 0 bridgehead atoms. The van der Waals surface area contributed by atoms with Crippen molar-refractivity contribution >= 4 is 5.91 Å². The Bertz CT molecular complexity index is 602. The Hall–Kier alpha value is -1.39. The van der Waals surface area contributed by atoms with Crippen molar-refractivity contribution in [1.29, 1.82) is 0 Å². The molecule has 1 N–H and O–H groups in total. The SMILES string of the molecule is O=C(C1OCCc2ccccc21)N1CCC2(O)CCCCC2C1. The zero-order chi connectivity index (χ0) is 15.9. The number of carbonyl (C=O) groups excluding carboxylic acids is 1. The van der Waals surface area contributed by atoms with E-state index in [9.17, 15) is 9.90 Å². The fraction of sp³-hybridized carbons (Fsp3) is 0.632. The maximum absolute atomic E-state index is 13.0. The zero-order valence-corrected chi connectivity index (χ0v) is 13.5. The van der Waals surface area contributed by atoms with E-state index >= 15 is 0 Å². The highest BCUT2D eigenvalue weighted by Gasteiger charge is 2.45. The minimum Gasteiger partial charge on any atom is -0.389 e. The van der Waals surface area contributed by atoms with Crippen molar-refractivity contribution in [2.24, 2.45) is 5.92 Å². The lowest BCUT2D eigenvalue weighted by atomic mass is 9.71. The third kappa shape index (κ3) is 2.68. The molecular weight excluding hydrogens is 290 g/mol. The largest absolute Gasteiger partial charge is 0.389 e. The average molecular weight is 315 g/mol. The average Bonchev–Trinajstić information content (AvgIpc) is 2.60. The van der Waals surface area contributed by atoms with Gasteiger partial charge in [-0.05, 0) is 36.8 Å². The summed E-state index contributed by atoms with van der Waals surface area (Å²) in [4.78, 5) is 14.9. The van der Waals surface area contributed by atoms with Crippen LogP contribution in [-0.4, -0.2) is 41.2 Å². The second-order valence-electron chi connectivity index (χ2n) is 7.28. The molecule has 4 rings (SSSR count). The summed E-state index contributed by atoms with van der Waals surface area (Å²) in [5.41, 5.74) is 1.71. The summed E-state index contributed by atoms with van der Waals surface area (Å²) in [6.07, 6.45) is 5.32. The molecule has 1 aromatic rings. The van der Waals surface area contributed by atoms with Crippen molar-refractivity contribution < 1.29 is 14.6 Å². The van der Waals surface area contributed by atoms with Crippen LogP contribution in [0.1, 0.15) is 49.3 Å². The van der Waals surface area contributed by atoms with Gasteiger partial charge in [0.05, 0.1) is 12.2 Å². The summed E-state index contributed by atoms with van der Waals surface area (Å²) in [6, 6.07) is 8.10. The molecule has 0 aromatic heterocycles.